The van der Waals surface area contributed by atoms with E-state index in [0.717, 1.165) is 12.0 Å². The number of aromatic amines is 1. The molecule has 3 amide bonds. The molecule has 1 atom stereocenters. The molecule has 1 aromatic carbocycles. The normalized spacial score (nSPS) is 11.6. The number of nitrogens with one attached hydrogen (secondary N) is 4. The SMILES string of the molecule is CCC(C)NC(=O)c1ccc(NC(=O)Nc2cn[nH]c2)c(C)c1. The van der Waals surface area contributed by atoms with Crippen LogP contribution in [0, 0.1) is 6.92 Å². The van der Waals surface area contributed by atoms with Crippen LogP contribution < -0.4 is 16.0 Å². The molecule has 0 saturated heterocycles. The molecule has 23 heavy (non-hydrogen) atoms. The van der Waals surface area contributed by atoms with Crippen molar-refractivity contribution in [3.05, 3.63) is 41.7 Å². The minimum Gasteiger partial charge on any atom is -0.350 e. The number of aryl methyl sites for hydroxylation is 1. The van der Waals surface area contributed by atoms with E-state index in [1.54, 1.807) is 24.4 Å². The highest BCUT2D eigenvalue weighted by Crippen LogP contribution is 2.17. The summed E-state index contributed by atoms with van der Waals surface area (Å²) in [5.41, 5.74) is 2.60. The number of anilines is 2. The van der Waals surface area contributed by atoms with Gasteiger partial charge in [-0.25, -0.2) is 4.79 Å². The number of urea groups is 1. The van der Waals surface area contributed by atoms with E-state index in [2.05, 4.69) is 26.1 Å². The highest BCUT2D eigenvalue weighted by Gasteiger charge is 2.11. The smallest absolute Gasteiger partial charge is 0.323 e. The molecule has 0 aliphatic heterocycles. The van der Waals surface area contributed by atoms with Crippen LogP contribution in [0.5, 0.6) is 0 Å². The van der Waals surface area contributed by atoms with E-state index in [9.17, 15) is 9.59 Å². The van der Waals surface area contributed by atoms with Crippen LogP contribution in [-0.4, -0.2) is 28.2 Å². The fraction of sp³-hybridized carbons (Fsp3) is 0.312. The molecule has 2 aromatic rings. The highest BCUT2D eigenvalue weighted by atomic mass is 16.2. The topological polar surface area (TPSA) is 98.9 Å². The van der Waals surface area contributed by atoms with Crippen molar-refractivity contribution < 1.29 is 9.59 Å². The molecule has 0 aliphatic rings. The second kappa shape index (κ2) is 7.44. The predicted octanol–water partition coefficient (Wildman–Crippen LogP) is 2.89. The summed E-state index contributed by atoms with van der Waals surface area (Å²) in [6, 6.07) is 4.92. The first-order valence-electron chi connectivity index (χ1n) is 7.48. The minimum atomic E-state index is -0.369. The number of rotatable bonds is 5. The molecule has 1 unspecified atom stereocenters. The zero-order chi connectivity index (χ0) is 16.8. The third kappa shape index (κ3) is 4.57. The van der Waals surface area contributed by atoms with Crippen LogP contribution in [0.2, 0.25) is 0 Å². The van der Waals surface area contributed by atoms with Gasteiger partial charge in [0.1, 0.15) is 0 Å². The van der Waals surface area contributed by atoms with E-state index >= 15 is 0 Å². The number of carbonyl (C=O) groups is 2. The molecule has 0 radical (unpaired) electrons. The summed E-state index contributed by atoms with van der Waals surface area (Å²) in [6.07, 6.45) is 3.96. The minimum absolute atomic E-state index is 0.114. The Morgan fingerprint density at radius 2 is 2.09 bits per heavy atom. The molecule has 0 saturated carbocycles. The number of nitrogens with zero attached hydrogens (tertiary/aromatic N) is 1. The van der Waals surface area contributed by atoms with Gasteiger partial charge in [0.15, 0.2) is 0 Å². The number of hydrogen-bond donors (Lipinski definition) is 4. The van der Waals surface area contributed by atoms with Gasteiger partial charge < -0.3 is 16.0 Å². The zero-order valence-corrected chi connectivity index (χ0v) is 13.4. The fourth-order valence-electron chi connectivity index (χ4n) is 1.96. The second-order valence-electron chi connectivity index (χ2n) is 5.38. The van der Waals surface area contributed by atoms with Crippen molar-refractivity contribution in [2.45, 2.75) is 33.2 Å². The predicted molar refractivity (Wildman–Crippen MR) is 89.6 cm³/mol. The number of H-pyrrole nitrogens is 1. The monoisotopic (exact) mass is 315 g/mol. The van der Waals surface area contributed by atoms with E-state index in [1.807, 2.05) is 20.8 Å². The summed E-state index contributed by atoms with van der Waals surface area (Å²) >= 11 is 0. The number of benzene rings is 1. The molecular weight excluding hydrogens is 294 g/mol. The molecule has 1 heterocycles. The summed E-state index contributed by atoms with van der Waals surface area (Å²) < 4.78 is 0. The lowest BCUT2D eigenvalue weighted by molar-refractivity contribution is 0.0939. The van der Waals surface area contributed by atoms with Crippen molar-refractivity contribution in [1.82, 2.24) is 15.5 Å². The number of amides is 3. The van der Waals surface area contributed by atoms with Crippen LogP contribution in [0.3, 0.4) is 0 Å². The van der Waals surface area contributed by atoms with Gasteiger partial charge >= 0.3 is 6.03 Å². The van der Waals surface area contributed by atoms with Crippen molar-refractivity contribution >= 4 is 23.3 Å². The lowest BCUT2D eigenvalue weighted by atomic mass is 10.1. The molecular formula is C16H21N5O2. The van der Waals surface area contributed by atoms with Crippen molar-refractivity contribution in [1.29, 1.82) is 0 Å². The maximum atomic E-state index is 12.1. The van der Waals surface area contributed by atoms with E-state index < -0.39 is 0 Å². The van der Waals surface area contributed by atoms with Crippen molar-refractivity contribution in [2.75, 3.05) is 10.6 Å². The van der Waals surface area contributed by atoms with Gasteiger partial charge in [0.25, 0.3) is 5.91 Å². The Kier molecular flexibility index (Phi) is 5.35. The molecule has 7 nitrogen and oxygen atoms in total. The largest absolute Gasteiger partial charge is 0.350 e. The lowest BCUT2D eigenvalue weighted by Gasteiger charge is -2.13. The fourth-order valence-corrected chi connectivity index (χ4v) is 1.96. The van der Waals surface area contributed by atoms with Crippen LogP contribution in [0.15, 0.2) is 30.6 Å². The molecule has 0 aliphatic carbocycles. The van der Waals surface area contributed by atoms with Gasteiger partial charge in [-0.3, -0.25) is 9.89 Å². The Hall–Kier alpha value is -2.83. The lowest BCUT2D eigenvalue weighted by Crippen LogP contribution is -2.32. The summed E-state index contributed by atoms with van der Waals surface area (Å²) in [7, 11) is 0. The van der Waals surface area contributed by atoms with E-state index in [1.165, 1.54) is 6.20 Å². The number of hydrogen-bond acceptors (Lipinski definition) is 3. The van der Waals surface area contributed by atoms with Gasteiger partial charge in [-0.05, 0) is 44.0 Å². The Labute approximate surface area is 134 Å². The quantitative estimate of drug-likeness (QED) is 0.682. The van der Waals surface area contributed by atoms with Gasteiger partial charge in [-0.15, -0.1) is 0 Å². The average molecular weight is 315 g/mol. The van der Waals surface area contributed by atoms with Crippen LogP contribution in [0.1, 0.15) is 36.2 Å². The maximum Gasteiger partial charge on any atom is 0.323 e. The van der Waals surface area contributed by atoms with Gasteiger partial charge in [-0.2, -0.15) is 5.10 Å². The molecule has 0 spiro atoms. The van der Waals surface area contributed by atoms with Crippen molar-refractivity contribution in [2.24, 2.45) is 0 Å². The molecule has 7 heteroatoms. The molecule has 2 rings (SSSR count). The molecule has 4 N–H and O–H groups in total. The number of aromatic nitrogens is 2. The van der Waals surface area contributed by atoms with Crippen molar-refractivity contribution in [3.8, 4) is 0 Å². The van der Waals surface area contributed by atoms with Crippen LogP contribution >= 0.6 is 0 Å². The van der Waals surface area contributed by atoms with Gasteiger partial charge in [0.05, 0.1) is 11.9 Å². The van der Waals surface area contributed by atoms with E-state index in [4.69, 9.17) is 0 Å². The van der Waals surface area contributed by atoms with Crippen molar-refractivity contribution in [3.63, 3.8) is 0 Å². The molecule has 0 fully saturated rings. The number of carbonyl (C=O) groups excluding carboxylic acids is 2. The van der Waals surface area contributed by atoms with Gasteiger partial charge in [0, 0.05) is 23.5 Å². The third-order valence-electron chi connectivity index (χ3n) is 3.48. The van der Waals surface area contributed by atoms with Crippen LogP contribution in [0.4, 0.5) is 16.2 Å². The van der Waals surface area contributed by atoms with E-state index in [0.29, 0.717) is 16.9 Å². The highest BCUT2D eigenvalue weighted by molar-refractivity contribution is 6.01. The summed E-state index contributed by atoms with van der Waals surface area (Å²) in [6.45, 7) is 5.82. The van der Waals surface area contributed by atoms with Crippen LogP contribution in [-0.2, 0) is 0 Å². The standard InChI is InChI=1S/C16H21N5O2/c1-4-11(3)19-15(22)12-5-6-14(10(2)7-12)21-16(23)20-13-8-17-18-9-13/h5-9,11H,4H2,1-3H3,(H,17,18)(H,19,22)(H2,20,21,23). The van der Waals surface area contributed by atoms with Gasteiger partial charge in [-0.1, -0.05) is 6.92 Å². The molecule has 0 bridgehead atoms. The Balaban J connectivity index is 2.01. The molecule has 1 aromatic heterocycles. The third-order valence-corrected chi connectivity index (χ3v) is 3.48. The first kappa shape index (κ1) is 16.5. The Morgan fingerprint density at radius 1 is 1.30 bits per heavy atom. The van der Waals surface area contributed by atoms with Crippen LogP contribution in [0.25, 0.3) is 0 Å². The maximum absolute atomic E-state index is 12.1. The first-order chi connectivity index (χ1) is 11.0. The zero-order valence-electron chi connectivity index (χ0n) is 13.4. The summed E-state index contributed by atoms with van der Waals surface area (Å²) in [4.78, 5) is 24.0. The Bertz CT molecular complexity index is 682. The summed E-state index contributed by atoms with van der Waals surface area (Å²) in [5, 5.41) is 14.7. The Morgan fingerprint density at radius 3 is 2.70 bits per heavy atom. The average Bonchev–Trinajstić information content (AvgIpc) is 3.01. The second-order valence-corrected chi connectivity index (χ2v) is 5.38. The first-order valence-corrected chi connectivity index (χ1v) is 7.48. The van der Waals surface area contributed by atoms with E-state index in [-0.39, 0.29) is 18.0 Å². The van der Waals surface area contributed by atoms with Gasteiger partial charge in [0.2, 0.25) is 0 Å². The summed E-state index contributed by atoms with van der Waals surface area (Å²) in [5.74, 6) is -0.114. The molecule has 122 valence electrons.